The minimum absolute atomic E-state index is 0.0227. The number of carbonyl (C=O) groups is 10. The van der Waals surface area contributed by atoms with Gasteiger partial charge in [-0.15, -0.1) is 0 Å². The Labute approximate surface area is 425 Å². The molecule has 1 saturated heterocycles. The predicted octanol–water partition coefficient (Wildman–Crippen LogP) is -2.45. The first-order chi connectivity index (χ1) is 34.0. The van der Waals surface area contributed by atoms with Gasteiger partial charge in [-0.1, -0.05) is 78.3 Å². The van der Waals surface area contributed by atoms with Crippen molar-refractivity contribution in [2.75, 3.05) is 51.9 Å². The molecule has 0 bridgehead atoms. The Kier molecular flexibility index (Phi) is 28.5. The first-order valence-corrected chi connectivity index (χ1v) is 24.7. The Morgan fingerprint density at radius 3 is 2.07 bits per heavy atom. The van der Waals surface area contributed by atoms with Crippen LogP contribution in [0, 0.1) is 17.8 Å². The van der Waals surface area contributed by atoms with Crippen molar-refractivity contribution in [3.63, 3.8) is 0 Å². The molecule has 24 nitrogen and oxygen atoms in total. The molecule has 2 rings (SSSR count). The van der Waals surface area contributed by atoms with Crippen LogP contribution in [0.3, 0.4) is 0 Å². The van der Waals surface area contributed by atoms with E-state index in [1.54, 1.807) is 44.2 Å². The van der Waals surface area contributed by atoms with Crippen molar-refractivity contribution in [1.82, 2.24) is 42.5 Å². The molecule has 1 aromatic rings. The highest BCUT2D eigenvalue weighted by atomic mass is 32.1. The van der Waals surface area contributed by atoms with Gasteiger partial charge in [0.05, 0.1) is 38.7 Å². The Hall–Kier alpha value is -5.89. The van der Waals surface area contributed by atoms with E-state index in [9.17, 15) is 53.1 Å². The van der Waals surface area contributed by atoms with Gasteiger partial charge in [0.1, 0.15) is 49.5 Å². The van der Waals surface area contributed by atoms with Crippen LogP contribution in [0.1, 0.15) is 79.2 Å². The number of carboxylic acid groups (broad SMARTS) is 1. The van der Waals surface area contributed by atoms with E-state index in [-0.39, 0.29) is 69.2 Å². The van der Waals surface area contributed by atoms with Gasteiger partial charge in [-0.3, -0.25) is 47.9 Å². The SMILES string of the molecule is CCC(C)[C@H](NC(=O)COCCOCCNC(=O)[C@@H](N)CS)C(=O)N[C@@H](CC(N)=O)C(=O)N[C@H]1COC(=O)[C@H](CC(C)C)NC[C@H](CC(C)C)NC(=O)[C@H](Cc2ccccc2)NC(=O)[C@H](CC(=O)O)NC1=O. The van der Waals surface area contributed by atoms with Gasteiger partial charge in [0.25, 0.3) is 0 Å². The minimum Gasteiger partial charge on any atom is -0.481 e. The highest BCUT2D eigenvalue weighted by Gasteiger charge is 2.37. The van der Waals surface area contributed by atoms with Crippen LogP contribution in [0.25, 0.3) is 0 Å². The Morgan fingerprint density at radius 2 is 1.46 bits per heavy atom. The number of hydrogen-bond acceptors (Lipinski definition) is 16. The number of esters is 1. The molecule has 13 N–H and O–H groups in total. The lowest BCUT2D eigenvalue weighted by Crippen LogP contribution is -2.62. The lowest BCUT2D eigenvalue weighted by Gasteiger charge is -2.30. The van der Waals surface area contributed by atoms with Crippen LogP contribution < -0.4 is 54.0 Å². The van der Waals surface area contributed by atoms with E-state index in [0.717, 1.165) is 0 Å². The van der Waals surface area contributed by atoms with E-state index >= 15 is 0 Å². The molecular weight excluding hydrogens is 961 g/mol. The molecule has 1 aliphatic rings. The molecule has 0 spiro atoms. The molecule has 9 atom stereocenters. The summed E-state index contributed by atoms with van der Waals surface area (Å²) in [5.41, 5.74) is 11.7. The molecule has 0 aromatic heterocycles. The number of benzene rings is 1. The quantitative estimate of drug-likeness (QED) is 0.0247. The number of hydrogen-bond donors (Lipinski definition) is 12. The summed E-state index contributed by atoms with van der Waals surface area (Å²) >= 11 is 3.97. The minimum atomic E-state index is -1.87. The number of aliphatic carboxylic acids is 1. The van der Waals surface area contributed by atoms with Gasteiger partial charge >= 0.3 is 11.9 Å². The number of primary amides is 1. The number of carboxylic acids is 1. The highest BCUT2D eigenvalue weighted by Crippen LogP contribution is 2.13. The van der Waals surface area contributed by atoms with Crippen molar-refractivity contribution in [2.45, 2.75) is 128 Å². The van der Waals surface area contributed by atoms with Gasteiger partial charge in [0.2, 0.25) is 47.3 Å². The summed E-state index contributed by atoms with van der Waals surface area (Å²) in [7, 11) is 0. The average Bonchev–Trinajstić information content (AvgIpc) is 3.31. The van der Waals surface area contributed by atoms with Gasteiger partial charge < -0.3 is 73.3 Å². The maximum Gasteiger partial charge on any atom is 0.323 e. The summed E-state index contributed by atoms with van der Waals surface area (Å²) in [5, 5.41) is 30.8. The molecule has 0 saturated carbocycles. The zero-order valence-corrected chi connectivity index (χ0v) is 42.9. The smallest absolute Gasteiger partial charge is 0.323 e. The van der Waals surface area contributed by atoms with Crippen molar-refractivity contribution >= 4 is 71.8 Å². The number of carbonyl (C=O) groups excluding carboxylic acids is 9. The monoisotopic (exact) mass is 1040 g/mol. The van der Waals surface area contributed by atoms with Crippen LogP contribution >= 0.6 is 12.6 Å². The largest absolute Gasteiger partial charge is 0.481 e. The molecule has 1 fully saturated rings. The van der Waals surface area contributed by atoms with Crippen LogP contribution in [-0.2, 0) is 68.6 Å². The van der Waals surface area contributed by atoms with Crippen LogP contribution in [0.15, 0.2) is 30.3 Å². The number of rotatable bonds is 27. The summed E-state index contributed by atoms with van der Waals surface area (Å²) < 4.78 is 16.4. The van der Waals surface area contributed by atoms with Gasteiger partial charge in [-0.25, -0.2) is 0 Å². The number of cyclic esters (lactones) is 1. The van der Waals surface area contributed by atoms with Crippen molar-refractivity contribution in [2.24, 2.45) is 29.2 Å². The first kappa shape index (κ1) is 62.2. The number of thiol groups is 1. The third-order valence-electron chi connectivity index (χ3n) is 11.2. The maximum absolute atomic E-state index is 14.1. The number of ether oxygens (including phenoxy) is 3. The van der Waals surface area contributed by atoms with Crippen LogP contribution in [0.4, 0.5) is 0 Å². The molecule has 8 amide bonds. The predicted molar refractivity (Wildman–Crippen MR) is 265 cm³/mol. The fourth-order valence-electron chi connectivity index (χ4n) is 7.23. The molecule has 0 radical (unpaired) electrons. The molecular formula is C47H76N10O14S. The van der Waals surface area contributed by atoms with Crippen molar-refractivity contribution in [3.8, 4) is 0 Å². The molecule has 25 heteroatoms. The second-order valence-corrected chi connectivity index (χ2v) is 18.8. The van der Waals surface area contributed by atoms with Crippen LogP contribution in [0.2, 0.25) is 0 Å². The standard InChI is InChI=1S/C47H76N10O14S/c1-7-28(6)40(57-38(59)24-70-16-15-69-14-13-50-41(62)31(48)25-72)46(67)55-33(20-37(49)58)43(64)56-36-23-71-47(68)35(18-27(4)5)51-22-30(17-26(2)3)52-42(63)32(19-29-11-9-8-10-12-29)53-44(65)34(21-39(60)61)54-45(36)66/h8-12,26-28,30-36,40,51,72H,7,13-25,48H2,1-6H3,(H2,49,58)(H,50,62)(H,52,63)(H,53,65)(H,54,66)(H,55,67)(H,56,64)(H,57,59)(H,60,61)/t28?,30-,31-,32-,33-,34-,35-,36-,40-/m0/s1. The van der Waals surface area contributed by atoms with Crippen LogP contribution in [-0.4, -0.2) is 165 Å². The van der Waals surface area contributed by atoms with Crippen molar-refractivity contribution in [3.05, 3.63) is 35.9 Å². The summed E-state index contributed by atoms with van der Waals surface area (Å²) in [6.45, 7) is 10.1. The van der Waals surface area contributed by atoms with Crippen molar-refractivity contribution < 1.29 is 67.3 Å². The first-order valence-electron chi connectivity index (χ1n) is 24.1. The molecule has 1 heterocycles. The molecule has 1 aromatic carbocycles. The zero-order valence-electron chi connectivity index (χ0n) is 42.0. The Morgan fingerprint density at radius 1 is 0.819 bits per heavy atom. The lowest BCUT2D eigenvalue weighted by molar-refractivity contribution is -0.149. The van der Waals surface area contributed by atoms with Crippen LogP contribution in [0.5, 0.6) is 0 Å². The second kappa shape index (κ2) is 33.0. The zero-order chi connectivity index (χ0) is 53.9. The molecule has 0 aliphatic carbocycles. The Balaban J connectivity index is 2.41. The average molecular weight is 1040 g/mol. The maximum atomic E-state index is 14.1. The molecule has 1 unspecified atom stereocenters. The van der Waals surface area contributed by atoms with Gasteiger partial charge in [-0.05, 0) is 36.2 Å². The number of nitrogens with two attached hydrogens (primary N) is 2. The fourth-order valence-corrected chi connectivity index (χ4v) is 7.39. The van der Waals surface area contributed by atoms with E-state index in [1.165, 1.54) is 0 Å². The normalized spacial score (nSPS) is 20.9. The number of amides is 8. The summed E-state index contributed by atoms with van der Waals surface area (Å²) in [6, 6.07) is -1.62. The van der Waals surface area contributed by atoms with Gasteiger partial charge in [-0.2, -0.15) is 12.6 Å². The van der Waals surface area contributed by atoms with Gasteiger partial charge in [0, 0.05) is 31.3 Å². The topological polar surface area (TPSA) is 367 Å². The van der Waals surface area contributed by atoms with Gasteiger partial charge in [0.15, 0.2) is 0 Å². The molecule has 1 aliphatic heterocycles. The summed E-state index contributed by atoms with van der Waals surface area (Å²) in [4.78, 5) is 133. The molecule has 404 valence electrons. The highest BCUT2D eigenvalue weighted by molar-refractivity contribution is 7.80. The molecule has 72 heavy (non-hydrogen) atoms. The van der Waals surface area contributed by atoms with E-state index in [2.05, 4.69) is 55.2 Å². The lowest BCUT2D eigenvalue weighted by atomic mass is 9.97. The second-order valence-electron chi connectivity index (χ2n) is 18.4. The summed E-state index contributed by atoms with van der Waals surface area (Å²) in [6.07, 6.45) is -0.758. The van der Waals surface area contributed by atoms with Crippen molar-refractivity contribution in [1.29, 1.82) is 0 Å². The number of nitrogens with one attached hydrogen (secondary N) is 8. The fraction of sp³-hybridized carbons (Fsp3) is 0.660. The Bertz CT molecular complexity index is 1960. The third-order valence-corrected chi connectivity index (χ3v) is 11.6. The van der Waals surface area contributed by atoms with E-state index < -0.39 is 134 Å². The summed E-state index contributed by atoms with van der Waals surface area (Å²) in [5.74, 6) is -9.84. The third kappa shape index (κ3) is 24.0. The van der Waals surface area contributed by atoms with E-state index in [4.69, 9.17) is 25.7 Å². The van der Waals surface area contributed by atoms with E-state index in [0.29, 0.717) is 18.4 Å². The van der Waals surface area contributed by atoms with E-state index in [1.807, 2.05) is 27.7 Å².